The van der Waals surface area contributed by atoms with E-state index in [1.54, 1.807) is 12.1 Å². The molecule has 128 valence electrons. The number of halogens is 3. The maximum Gasteiger partial charge on any atom is 0.405 e. The van der Waals surface area contributed by atoms with Crippen LogP contribution in [0, 0.1) is 0 Å². The van der Waals surface area contributed by atoms with Gasteiger partial charge in [0, 0.05) is 10.8 Å². The number of rotatable bonds is 4. The first-order valence-electron chi connectivity index (χ1n) is 6.63. The Morgan fingerprint density at radius 1 is 1.12 bits per heavy atom. The zero-order valence-electron chi connectivity index (χ0n) is 12.1. The second-order valence-electron chi connectivity index (χ2n) is 4.81. The van der Waals surface area contributed by atoms with E-state index < -0.39 is 42.5 Å². The maximum atomic E-state index is 11.9. The molecule has 0 aliphatic carbocycles. The van der Waals surface area contributed by atoms with Crippen LogP contribution in [0.15, 0.2) is 30.3 Å². The first kappa shape index (κ1) is 17.4. The van der Waals surface area contributed by atoms with Crippen molar-refractivity contribution in [3.05, 3.63) is 35.9 Å². The molecule has 2 rings (SSSR count). The van der Waals surface area contributed by atoms with Gasteiger partial charge in [0.25, 0.3) is 5.91 Å². The zero-order chi connectivity index (χ0) is 17.9. The number of hydrogen-bond acceptors (Lipinski definition) is 5. The highest BCUT2D eigenvalue weighted by Gasteiger charge is 2.28. The van der Waals surface area contributed by atoms with Gasteiger partial charge >= 0.3 is 12.1 Å². The molecule has 2 aromatic rings. The van der Waals surface area contributed by atoms with Crippen LogP contribution in [0.3, 0.4) is 0 Å². The summed E-state index contributed by atoms with van der Waals surface area (Å²) >= 11 is 0. The number of aromatic hydroxyl groups is 2. The summed E-state index contributed by atoms with van der Waals surface area (Å²) in [5.41, 5.74) is -0.408. The number of fused-ring (bicyclic) bond motifs is 1. The van der Waals surface area contributed by atoms with E-state index in [4.69, 9.17) is 0 Å². The summed E-state index contributed by atoms with van der Waals surface area (Å²) in [5.74, 6) is -3.07. The number of phenolic OH excluding ortho intramolecular Hbond substituents is 2. The second-order valence-corrected chi connectivity index (χ2v) is 4.81. The first-order valence-corrected chi connectivity index (χ1v) is 6.63. The third-order valence-corrected chi connectivity index (χ3v) is 3.03. The number of amides is 1. The lowest BCUT2D eigenvalue weighted by Gasteiger charge is -2.11. The number of carbonyl (C=O) groups excluding carboxylic acids is 2. The number of phenols is 2. The van der Waals surface area contributed by atoms with Gasteiger partial charge in [-0.15, -0.1) is 0 Å². The number of hydrogen-bond donors (Lipinski definition) is 3. The predicted molar refractivity (Wildman–Crippen MR) is 76.6 cm³/mol. The van der Waals surface area contributed by atoms with Crippen molar-refractivity contribution in [2.75, 3.05) is 13.2 Å². The van der Waals surface area contributed by atoms with Gasteiger partial charge in [-0.3, -0.25) is 4.79 Å². The Bertz CT molecular complexity index is 789. The molecular formula is C15H12F3NO5. The molecule has 0 heterocycles. The van der Waals surface area contributed by atoms with Crippen LogP contribution in [0.5, 0.6) is 11.5 Å². The zero-order valence-corrected chi connectivity index (χ0v) is 12.1. The number of benzene rings is 2. The Kier molecular flexibility index (Phi) is 4.82. The molecular weight excluding hydrogens is 331 g/mol. The average Bonchev–Trinajstić information content (AvgIpc) is 2.53. The van der Waals surface area contributed by atoms with Gasteiger partial charge in [0.05, 0.1) is 0 Å². The standard InChI is InChI=1S/C15H12F3NO5/c16-15(17,18)7-19-12(21)6-24-14(23)10-5-11(20)8-3-1-2-4-9(8)13(10)22/h1-5,20,22H,6-7H2,(H,19,21). The van der Waals surface area contributed by atoms with E-state index in [2.05, 4.69) is 4.74 Å². The van der Waals surface area contributed by atoms with Gasteiger partial charge in [-0.05, 0) is 6.07 Å². The van der Waals surface area contributed by atoms with Crippen molar-refractivity contribution < 1.29 is 37.7 Å². The third kappa shape index (κ3) is 4.06. The van der Waals surface area contributed by atoms with Crippen molar-refractivity contribution in [3.63, 3.8) is 0 Å². The van der Waals surface area contributed by atoms with Gasteiger partial charge in [0.1, 0.15) is 23.6 Å². The Balaban J connectivity index is 2.09. The minimum absolute atomic E-state index is 0.186. The fourth-order valence-electron chi connectivity index (χ4n) is 1.96. The van der Waals surface area contributed by atoms with Crippen LogP contribution in [-0.2, 0) is 9.53 Å². The highest BCUT2D eigenvalue weighted by molar-refractivity contribution is 6.04. The summed E-state index contributed by atoms with van der Waals surface area (Å²) in [4.78, 5) is 23.1. The fourth-order valence-corrected chi connectivity index (χ4v) is 1.96. The van der Waals surface area contributed by atoms with Gasteiger partial charge in [-0.25, -0.2) is 4.79 Å². The van der Waals surface area contributed by atoms with Crippen LogP contribution in [0.1, 0.15) is 10.4 Å². The molecule has 1 amide bonds. The maximum absolute atomic E-state index is 11.9. The Morgan fingerprint density at radius 3 is 2.38 bits per heavy atom. The van der Waals surface area contributed by atoms with Crippen LogP contribution in [0.25, 0.3) is 10.8 Å². The molecule has 0 radical (unpaired) electrons. The van der Waals surface area contributed by atoms with Crippen molar-refractivity contribution >= 4 is 22.6 Å². The molecule has 0 aliphatic heterocycles. The van der Waals surface area contributed by atoms with E-state index in [0.29, 0.717) is 5.39 Å². The summed E-state index contributed by atoms with van der Waals surface area (Å²) < 4.78 is 40.4. The van der Waals surface area contributed by atoms with Crippen LogP contribution >= 0.6 is 0 Å². The van der Waals surface area contributed by atoms with Crippen molar-refractivity contribution in [2.45, 2.75) is 6.18 Å². The monoisotopic (exact) mass is 343 g/mol. The molecule has 6 nitrogen and oxygen atoms in total. The largest absolute Gasteiger partial charge is 0.507 e. The van der Waals surface area contributed by atoms with Gasteiger partial charge < -0.3 is 20.3 Å². The van der Waals surface area contributed by atoms with E-state index in [0.717, 1.165) is 6.07 Å². The predicted octanol–water partition coefficient (Wildman–Crippen LogP) is 2.09. The number of alkyl halides is 3. The molecule has 2 aromatic carbocycles. The summed E-state index contributed by atoms with van der Waals surface area (Å²) in [6.07, 6.45) is -4.58. The van der Waals surface area contributed by atoms with Crippen LogP contribution in [-0.4, -0.2) is 41.4 Å². The molecule has 24 heavy (non-hydrogen) atoms. The Morgan fingerprint density at radius 2 is 1.75 bits per heavy atom. The molecule has 3 N–H and O–H groups in total. The lowest BCUT2D eigenvalue weighted by Crippen LogP contribution is -2.36. The topological polar surface area (TPSA) is 95.9 Å². The fraction of sp³-hybridized carbons (Fsp3) is 0.200. The smallest absolute Gasteiger partial charge is 0.405 e. The van der Waals surface area contributed by atoms with Gasteiger partial charge in [-0.2, -0.15) is 13.2 Å². The molecule has 0 saturated carbocycles. The average molecular weight is 343 g/mol. The second kappa shape index (κ2) is 6.65. The van der Waals surface area contributed by atoms with E-state index in [-0.39, 0.29) is 11.1 Å². The Labute approximate surface area is 133 Å². The van der Waals surface area contributed by atoms with Gasteiger partial charge in [-0.1, -0.05) is 24.3 Å². The van der Waals surface area contributed by atoms with Crippen LogP contribution in [0.4, 0.5) is 13.2 Å². The molecule has 0 unspecified atom stereocenters. The Hall–Kier alpha value is -2.97. The normalized spacial score (nSPS) is 11.3. The molecule has 9 heteroatoms. The van der Waals surface area contributed by atoms with Crippen molar-refractivity contribution in [3.8, 4) is 11.5 Å². The van der Waals surface area contributed by atoms with Gasteiger partial charge in [0.15, 0.2) is 6.61 Å². The molecule has 0 aliphatic rings. The lowest BCUT2D eigenvalue weighted by atomic mass is 10.0. The van der Waals surface area contributed by atoms with E-state index in [1.807, 2.05) is 0 Å². The minimum atomic E-state index is -4.58. The van der Waals surface area contributed by atoms with E-state index in [1.165, 1.54) is 17.4 Å². The van der Waals surface area contributed by atoms with E-state index >= 15 is 0 Å². The number of nitrogens with one attached hydrogen (secondary N) is 1. The first-order chi connectivity index (χ1) is 11.2. The molecule has 0 aromatic heterocycles. The molecule has 0 fully saturated rings. The number of carbonyl (C=O) groups is 2. The van der Waals surface area contributed by atoms with E-state index in [9.17, 15) is 33.0 Å². The number of esters is 1. The summed E-state index contributed by atoms with van der Waals surface area (Å²) in [5, 5.41) is 21.9. The molecule has 0 atom stereocenters. The van der Waals surface area contributed by atoms with Crippen LogP contribution < -0.4 is 5.32 Å². The molecule has 0 bridgehead atoms. The molecule has 0 spiro atoms. The highest BCUT2D eigenvalue weighted by atomic mass is 19.4. The van der Waals surface area contributed by atoms with Gasteiger partial charge in [0.2, 0.25) is 0 Å². The SMILES string of the molecule is O=C(COC(=O)c1cc(O)c2ccccc2c1O)NCC(F)(F)F. The van der Waals surface area contributed by atoms with Crippen molar-refractivity contribution in [2.24, 2.45) is 0 Å². The van der Waals surface area contributed by atoms with Crippen molar-refractivity contribution in [1.82, 2.24) is 5.32 Å². The summed E-state index contributed by atoms with van der Waals surface area (Å²) in [7, 11) is 0. The summed E-state index contributed by atoms with van der Waals surface area (Å²) in [6, 6.07) is 7.11. The van der Waals surface area contributed by atoms with Crippen LogP contribution in [0.2, 0.25) is 0 Å². The summed E-state index contributed by atoms with van der Waals surface area (Å²) in [6.45, 7) is -2.51. The number of ether oxygens (including phenoxy) is 1. The quantitative estimate of drug-likeness (QED) is 0.584. The minimum Gasteiger partial charge on any atom is -0.507 e. The third-order valence-electron chi connectivity index (χ3n) is 3.03. The highest BCUT2D eigenvalue weighted by Crippen LogP contribution is 2.35. The van der Waals surface area contributed by atoms with Crippen molar-refractivity contribution in [1.29, 1.82) is 0 Å². The molecule has 0 saturated heterocycles. The lowest BCUT2D eigenvalue weighted by molar-refractivity contribution is -0.140.